The molecule has 3 N–H and O–H groups in total. The van der Waals surface area contributed by atoms with Gasteiger partial charge in [-0.1, -0.05) is 11.6 Å². The maximum absolute atomic E-state index is 13.4. The van der Waals surface area contributed by atoms with Gasteiger partial charge in [0.05, 0.1) is 17.4 Å². The number of fused-ring (bicyclic) bond motifs is 1. The predicted molar refractivity (Wildman–Crippen MR) is 110 cm³/mol. The number of carbonyl (C=O) groups is 3. The van der Waals surface area contributed by atoms with Crippen molar-refractivity contribution in [3.05, 3.63) is 29.3 Å². The number of anilines is 1. The van der Waals surface area contributed by atoms with Crippen molar-refractivity contribution in [1.82, 2.24) is 10.2 Å². The lowest BCUT2D eigenvalue weighted by Gasteiger charge is -2.33. The summed E-state index contributed by atoms with van der Waals surface area (Å²) in [7, 11) is 1.54. The Morgan fingerprint density at radius 2 is 1.97 bits per heavy atom. The van der Waals surface area contributed by atoms with Gasteiger partial charge in [-0.25, -0.2) is 0 Å². The van der Waals surface area contributed by atoms with Crippen LogP contribution in [0.4, 0.5) is 5.69 Å². The highest BCUT2D eigenvalue weighted by atomic mass is 35.5. The van der Waals surface area contributed by atoms with Gasteiger partial charge in [0.15, 0.2) is 0 Å². The first-order valence-electron chi connectivity index (χ1n) is 10.2. The van der Waals surface area contributed by atoms with Crippen LogP contribution in [0.5, 0.6) is 0 Å². The topological polar surface area (TPSA) is 108 Å². The fourth-order valence-electron chi connectivity index (χ4n) is 5.51. The molecule has 30 heavy (non-hydrogen) atoms. The van der Waals surface area contributed by atoms with Gasteiger partial charge in [0.2, 0.25) is 17.7 Å². The van der Waals surface area contributed by atoms with Gasteiger partial charge in [-0.2, -0.15) is 0 Å². The predicted octanol–water partition coefficient (Wildman–Crippen LogP) is 1.17. The summed E-state index contributed by atoms with van der Waals surface area (Å²) < 4.78 is 6.41. The van der Waals surface area contributed by atoms with E-state index in [1.54, 1.807) is 24.3 Å². The van der Waals surface area contributed by atoms with Crippen molar-refractivity contribution in [3.63, 3.8) is 0 Å². The number of benzene rings is 1. The van der Waals surface area contributed by atoms with E-state index in [4.69, 9.17) is 16.3 Å². The highest BCUT2D eigenvalue weighted by molar-refractivity contribution is 6.30. The molecule has 3 aliphatic rings. The van der Waals surface area contributed by atoms with E-state index in [9.17, 15) is 19.5 Å². The fourth-order valence-corrected chi connectivity index (χ4v) is 5.63. The van der Waals surface area contributed by atoms with Crippen LogP contribution in [0.25, 0.3) is 0 Å². The second-order valence-corrected chi connectivity index (χ2v) is 8.88. The van der Waals surface area contributed by atoms with E-state index in [0.29, 0.717) is 30.0 Å². The molecule has 4 rings (SSSR count). The zero-order valence-corrected chi connectivity index (χ0v) is 17.7. The first-order valence-corrected chi connectivity index (χ1v) is 10.5. The molecule has 0 radical (unpaired) electrons. The molecule has 0 saturated carbocycles. The van der Waals surface area contributed by atoms with Crippen LogP contribution >= 0.6 is 11.6 Å². The molecule has 0 aromatic heterocycles. The molecule has 3 fully saturated rings. The maximum atomic E-state index is 13.4. The Bertz CT molecular complexity index is 878. The van der Waals surface area contributed by atoms with Crippen molar-refractivity contribution in [2.45, 2.75) is 43.4 Å². The Hall–Kier alpha value is -2.16. The SMILES string of the molecule is CNC(=O)[C@@H]1[C@H]2C(=O)N(CCCO)C(C(=O)Nc3ccc(Cl)cc3)C23CC[C@@]1(C)O3. The minimum absolute atomic E-state index is 0.107. The Kier molecular flexibility index (Phi) is 5.28. The van der Waals surface area contributed by atoms with Crippen LogP contribution in [-0.4, -0.2) is 65.2 Å². The van der Waals surface area contributed by atoms with Gasteiger partial charge in [-0.05, 0) is 50.5 Å². The second kappa shape index (κ2) is 7.51. The molecule has 1 spiro atoms. The normalized spacial score (nSPS) is 34.2. The zero-order chi connectivity index (χ0) is 21.7. The van der Waals surface area contributed by atoms with E-state index in [1.807, 2.05) is 6.92 Å². The lowest BCUT2D eigenvalue weighted by molar-refractivity contribution is -0.144. The van der Waals surface area contributed by atoms with Crippen LogP contribution < -0.4 is 10.6 Å². The molecule has 3 heterocycles. The highest BCUT2D eigenvalue weighted by Crippen LogP contribution is 2.63. The molecule has 1 aromatic carbocycles. The number of likely N-dealkylation sites (tertiary alicyclic amines) is 1. The van der Waals surface area contributed by atoms with Crippen molar-refractivity contribution < 1.29 is 24.2 Å². The van der Waals surface area contributed by atoms with Crippen LogP contribution in [0.15, 0.2) is 24.3 Å². The van der Waals surface area contributed by atoms with Crippen molar-refractivity contribution in [1.29, 1.82) is 0 Å². The molecule has 8 nitrogen and oxygen atoms in total. The molecule has 2 unspecified atom stereocenters. The molecule has 9 heteroatoms. The average Bonchev–Trinajstić information content (AvgIpc) is 3.28. The summed E-state index contributed by atoms with van der Waals surface area (Å²) in [5.41, 5.74) is -1.29. The summed E-state index contributed by atoms with van der Waals surface area (Å²) in [6, 6.07) is 5.83. The van der Waals surface area contributed by atoms with E-state index in [1.165, 1.54) is 11.9 Å². The number of hydrogen-bond acceptors (Lipinski definition) is 5. The number of halogens is 1. The van der Waals surface area contributed by atoms with Crippen LogP contribution in [0, 0.1) is 11.8 Å². The standard InChI is InChI=1S/C21H26ClN3O5/c1-20-8-9-21(30-20)15(14(20)17(27)23-2)19(29)25(10-3-11-26)16(21)18(28)24-13-6-4-12(22)5-7-13/h4-7,14-16,26H,3,8-11H2,1-2H3,(H,23,27)(H,24,28)/t14-,15-,16?,20+,21?/m0/s1. The van der Waals surface area contributed by atoms with Crippen LogP contribution in [0.3, 0.4) is 0 Å². The van der Waals surface area contributed by atoms with E-state index >= 15 is 0 Å². The summed E-state index contributed by atoms with van der Waals surface area (Å²) in [6.07, 6.45) is 1.44. The Balaban J connectivity index is 1.71. The van der Waals surface area contributed by atoms with Gasteiger partial charge in [0.1, 0.15) is 11.6 Å². The van der Waals surface area contributed by atoms with E-state index < -0.39 is 29.1 Å². The summed E-state index contributed by atoms with van der Waals surface area (Å²) >= 11 is 5.93. The van der Waals surface area contributed by atoms with E-state index in [0.717, 1.165) is 0 Å². The zero-order valence-electron chi connectivity index (χ0n) is 17.0. The molecular formula is C21H26ClN3O5. The Labute approximate surface area is 179 Å². The largest absolute Gasteiger partial charge is 0.396 e. The second-order valence-electron chi connectivity index (χ2n) is 8.45. The Morgan fingerprint density at radius 1 is 1.27 bits per heavy atom. The van der Waals surface area contributed by atoms with E-state index in [-0.39, 0.29) is 30.9 Å². The van der Waals surface area contributed by atoms with Crippen LogP contribution in [0.2, 0.25) is 5.02 Å². The van der Waals surface area contributed by atoms with E-state index in [2.05, 4.69) is 10.6 Å². The number of hydrogen-bond donors (Lipinski definition) is 3. The maximum Gasteiger partial charge on any atom is 0.250 e. The number of carbonyl (C=O) groups excluding carboxylic acids is 3. The van der Waals surface area contributed by atoms with Gasteiger partial charge in [0, 0.05) is 30.9 Å². The molecule has 3 amide bonds. The molecule has 1 aromatic rings. The highest BCUT2D eigenvalue weighted by Gasteiger charge is 2.77. The lowest BCUT2D eigenvalue weighted by atomic mass is 9.66. The lowest BCUT2D eigenvalue weighted by Crippen LogP contribution is -2.53. The number of ether oxygens (including phenoxy) is 1. The van der Waals surface area contributed by atoms with Crippen molar-refractivity contribution in [2.75, 3.05) is 25.5 Å². The number of aliphatic hydroxyl groups excluding tert-OH is 1. The minimum Gasteiger partial charge on any atom is -0.396 e. The smallest absolute Gasteiger partial charge is 0.250 e. The summed E-state index contributed by atoms with van der Waals surface area (Å²) in [4.78, 5) is 41.0. The van der Waals surface area contributed by atoms with Crippen molar-refractivity contribution >= 4 is 35.0 Å². The Morgan fingerprint density at radius 3 is 2.60 bits per heavy atom. The molecule has 3 aliphatic heterocycles. The van der Waals surface area contributed by atoms with Crippen molar-refractivity contribution in [3.8, 4) is 0 Å². The minimum atomic E-state index is -1.06. The number of aliphatic hydroxyl groups is 1. The summed E-state index contributed by atoms with van der Waals surface area (Å²) in [6.45, 7) is 1.96. The first kappa shape index (κ1) is 21.1. The van der Waals surface area contributed by atoms with Crippen molar-refractivity contribution in [2.24, 2.45) is 11.8 Å². The monoisotopic (exact) mass is 435 g/mol. The number of nitrogens with one attached hydrogen (secondary N) is 2. The first-order chi connectivity index (χ1) is 14.3. The molecule has 5 atom stereocenters. The summed E-state index contributed by atoms with van der Waals surface area (Å²) in [5, 5.41) is 15.4. The van der Waals surface area contributed by atoms with Gasteiger partial charge >= 0.3 is 0 Å². The molecule has 2 bridgehead atoms. The van der Waals surface area contributed by atoms with Gasteiger partial charge in [-0.3, -0.25) is 14.4 Å². The van der Waals surface area contributed by atoms with Gasteiger partial charge in [-0.15, -0.1) is 0 Å². The molecule has 3 saturated heterocycles. The molecule has 162 valence electrons. The number of amides is 3. The number of rotatable bonds is 6. The van der Waals surface area contributed by atoms with Crippen LogP contribution in [-0.2, 0) is 19.1 Å². The average molecular weight is 436 g/mol. The third-order valence-corrected chi connectivity index (χ3v) is 6.97. The quantitative estimate of drug-likeness (QED) is 0.621. The van der Waals surface area contributed by atoms with Gasteiger partial charge in [0.25, 0.3) is 0 Å². The number of nitrogens with zero attached hydrogens (tertiary/aromatic N) is 1. The van der Waals surface area contributed by atoms with Gasteiger partial charge < -0.3 is 25.4 Å². The molecule has 0 aliphatic carbocycles. The molecular weight excluding hydrogens is 410 g/mol. The summed E-state index contributed by atoms with van der Waals surface area (Å²) in [5.74, 6) is -2.27. The third kappa shape index (κ3) is 3.01. The fraction of sp³-hybridized carbons (Fsp3) is 0.571. The van der Waals surface area contributed by atoms with Crippen LogP contribution in [0.1, 0.15) is 26.2 Å². The third-order valence-electron chi connectivity index (χ3n) is 6.72.